The maximum Gasteiger partial charge on any atom is 0.248 e. The van der Waals surface area contributed by atoms with Gasteiger partial charge >= 0.3 is 0 Å². The molecule has 0 saturated carbocycles. The zero-order valence-electron chi connectivity index (χ0n) is 23.6. The summed E-state index contributed by atoms with van der Waals surface area (Å²) in [7, 11) is 0. The number of fused-ring (bicyclic) bond motifs is 2. The molecule has 3 aliphatic heterocycles. The molecule has 3 saturated heterocycles. The Morgan fingerprint density at radius 1 is 0.907 bits per heavy atom. The number of amides is 3. The standard InChI is InChI=1S/C35H33N3O4S/c39-21-27(24-12-5-2-6-13-24)38-31(33(41)37-26-16-15-23-11-7-8-14-25(23)19-26)35-18-17-28(43-35)29(30(35)34(38)42)32(40)36-20-22-9-3-1-4-10-22/h1-16,19,27-31,39H,17-18,20-21H2,(H,36,40)(H,37,41)/t27-,28+,29-,30+,31?,35?/m1/s1. The summed E-state index contributed by atoms with van der Waals surface area (Å²) >= 11 is 1.62. The lowest BCUT2D eigenvalue weighted by atomic mass is 9.70. The maximum absolute atomic E-state index is 14.5. The summed E-state index contributed by atoms with van der Waals surface area (Å²) in [6.45, 7) is 0.0393. The van der Waals surface area contributed by atoms with E-state index < -0.39 is 28.7 Å². The van der Waals surface area contributed by atoms with Crippen molar-refractivity contribution in [2.24, 2.45) is 11.8 Å². The van der Waals surface area contributed by atoms with Gasteiger partial charge in [0.05, 0.1) is 29.2 Å². The molecule has 6 atom stereocenters. The number of hydrogen-bond acceptors (Lipinski definition) is 5. The molecular formula is C35H33N3O4S. The monoisotopic (exact) mass is 591 g/mol. The molecule has 3 N–H and O–H groups in total. The highest BCUT2D eigenvalue weighted by molar-refractivity contribution is 8.02. The molecule has 3 heterocycles. The fourth-order valence-corrected chi connectivity index (χ4v) is 9.64. The van der Waals surface area contributed by atoms with Crippen LogP contribution in [0.2, 0.25) is 0 Å². The van der Waals surface area contributed by atoms with Crippen LogP contribution in [0.3, 0.4) is 0 Å². The Morgan fingerprint density at radius 3 is 2.35 bits per heavy atom. The molecule has 3 aliphatic rings. The molecule has 7 rings (SSSR count). The fourth-order valence-electron chi connectivity index (χ4n) is 7.44. The third-order valence-electron chi connectivity index (χ3n) is 9.31. The van der Waals surface area contributed by atoms with E-state index >= 15 is 0 Å². The second kappa shape index (κ2) is 11.2. The van der Waals surface area contributed by atoms with Crippen LogP contribution in [-0.4, -0.2) is 50.4 Å². The first-order valence-electron chi connectivity index (χ1n) is 14.8. The number of hydrogen-bond donors (Lipinski definition) is 3. The van der Waals surface area contributed by atoms with Gasteiger partial charge in [-0.15, -0.1) is 11.8 Å². The number of rotatable bonds is 8. The number of benzene rings is 4. The van der Waals surface area contributed by atoms with Gasteiger partial charge in [-0.2, -0.15) is 0 Å². The molecular weight excluding hydrogens is 558 g/mol. The molecule has 0 radical (unpaired) electrons. The van der Waals surface area contributed by atoms with Crippen LogP contribution in [0.5, 0.6) is 0 Å². The number of carbonyl (C=O) groups is 3. The lowest BCUT2D eigenvalue weighted by molar-refractivity contribution is -0.142. The summed E-state index contributed by atoms with van der Waals surface area (Å²) in [5, 5.41) is 18.9. The minimum Gasteiger partial charge on any atom is -0.394 e. The van der Waals surface area contributed by atoms with Crippen molar-refractivity contribution >= 4 is 45.9 Å². The van der Waals surface area contributed by atoms with Gasteiger partial charge in [-0.25, -0.2) is 0 Å². The van der Waals surface area contributed by atoms with E-state index in [2.05, 4.69) is 10.6 Å². The molecule has 2 bridgehead atoms. The van der Waals surface area contributed by atoms with Gasteiger partial charge in [0.15, 0.2) is 0 Å². The Balaban J connectivity index is 1.24. The Bertz CT molecular complexity index is 1680. The van der Waals surface area contributed by atoms with Crippen LogP contribution in [-0.2, 0) is 20.9 Å². The van der Waals surface area contributed by atoms with Crippen molar-refractivity contribution < 1.29 is 19.5 Å². The first kappa shape index (κ1) is 27.7. The van der Waals surface area contributed by atoms with Crippen LogP contribution in [0.25, 0.3) is 10.8 Å². The summed E-state index contributed by atoms with van der Waals surface area (Å²) < 4.78 is -0.764. The average Bonchev–Trinajstić information content (AvgIpc) is 3.69. The molecule has 1 spiro atoms. The molecule has 4 aromatic carbocycles. The number of anilines is 1. The molecule has 4 aromatic rings. The molecule has 218 valence electrons. The van der Waals surface area contributed by atoms with Gasteiger partial charge in [-0.05, 0) is 46.9 Å². The van der Waals surface area contributed by atoms with E-state index in [1.807, 2.05) is 103 Å². The zero-order valence-corrected chi connectivity index (χ0v) is 24.4. The van der Waals surface area contributed by atoms with Crippen molar-refractivity contribution in [1.82, 2.24) is 10.2 Å². The molecule has 7 nitrogen and oxygen atoms in total. The Hall–Kier alpha value is -4.14. The third kappa shape index (κ3) is 4.69. The number of nitrogens with one attached hydrogen (secondary N) is 2. The third-order valence-corrected chi connectivity index (χ3v) is 11.3. The SMILES string of the molecule is O=C(Nc1ccc2ccccc2c1)C1N([C@H](CO)c2ccccc2)C(=O)[C@@H]2[C@H](C(=O)NCc3ccccc3)[C@@H]3CCC12S3. The molecule has 0 aliphatic carbocycles. The number of thioether (sulfide) groups is 1. The lowest BCUT2D eigenvalue weighted by Crippen LogP contribution is -2.52. The van der Waals surface area contributed by atoms with Crippen molar-refractivity contribution in [3.63, 3.8) is 0 Å². The normalized spacial score (nSPS) is 26.3. The largest absolute Gasteiger partial charge is 0.394 e. The Labute approximate surface area is 254 Å². The van der Waals surface area contributed by atoms with E-state index in [1.54, 1.807) is 16.7 Å². The summed E-state index contributed by atoms with van der Waals surface area (Å²) in [5.41, 5.74) is 2.38. The predicted octanol–water partition coefficient (Wildman–Crippen LogP) is 4.92. The average molecular weight is 592 g/mol. The van der Waals surface area contributed by atoms with E-state index in [1.165, 1.54) is 0 Å². The van der Waals surface area contributed by atoms with Gasteiger partial charge in [-0.3, -0.25) is 14.4 Å². The van der Waals surface area contributed by atoms with E-state index in [9.17, 15) is 19.5 Å². The first-order valence-corrected chi connectivity index (χ1v) is 15.7. The summed E-state index contributed by atoms with van der Waals surface area (Å²) in [6.07, 6.45) is 1.40. The quantitative estimate of drug-likeness (QED) is 0.270. The van der Waals surface area contributed by atoms with Gasteiger partial charge in [0.2, 0.25) is 17.7 Å². The van der Waals surface area contributed by atoms with E-state index in [4.69, 9.17) is 0 Å². The second-order valence-corrected chi connectivity index (χ2v) is 13.3. The molecule has 3 amide bonds. The van der Waals surface area contributed by atoms with Gasteiger partial charge < -0.3 is 20.6 Å². The first-order chi connectivity index (χ1) is 21.0. The summed E-state index contributed by atoms with van der Waals surface area (Å²) in [5.74, 6) is -1.89. The van der Waals surface area contributed by atoms with E-state index in [0.29, 0.717) is 18.7 Å². The van der Waals surface area contributed by atoms with Gasteiger partial charge in [0.25, 0.3) is 0 Å². The predicted molar refractivity (Wildman–Crippen MR) is 168 cm³/mol. The molecule has 2 unspecified atom stereocenters. The Morgan fingerprint density at radius 2 is 1.60 bits per heavy atom. The summed E-state index contributed by atoms with van der Waals surface area (Å²) in [4.78, 5) is 44.2. The topological polar surface area (TPSA) is 98.7 Å². The van der Waals surface area contributed by atoms with Crippen LogP contribution >= 0.6 is 11.8 Å². The van der Waals surface area contributed by atoms with Crippen LogP contribution < -0.4 is 10.6 Å². The van der Waals surface area contributed by atoms with E-state index in [-0.39, 0.29) is 29.6 Å². The van der Waals surface area contributed by atoms with Crippen molar-refractivity contribution in [3.8, 4) is 0 Å². The second-order valence-electron chi connectivity index (χ2n) is 11.7. The molecule has 8 heteroatoms. The van der Waals surface area contributed by atoms with Crippen LogP contribution in [0.4, 0.5) is 5.69 Å². The fraction of sp³-hybridized carbons (Fsp3) is 0.286. The number of aliphatic hydroxyl groups excluding tert-OH is 1. The van der Waals surface area contributed by atoms with Crippen LogP contribution in [0.1, 0.15) is 30.0 Å². The number of carbonyl (C=O) groups excluding carboxylic acids is 3. The van der Waals surface area contributed by atoms with Gasteiger partial charge in [-0.1, -0.05) is 91.0 Å². The van der Waals surface area contributed by atoms with Crippen molar-refractivity contribution in [2.75, 3.05) is 11.9 Å². The van der Waals surface area contributed by atoms with Gasteiger partial charge in [0.1, 0.15) is 6.04 Å². The van der Waals surface area contributed by atoms with Crippen molar-refractivity contribution in [1.29, 1.82) is 0 Å². The van der Waals surface area contributed by atoms with Crippen molar-refractivity contribution in [2.45, 2.75) is 41.5 Å². The number of likely N-dealkylation sites (tertiary alicyclic amines) is 1. The van der Waals surface area contributed by atoms with Crippen molar-refractivity contribution in [3.05, 3.63) is 114 Å². The molecule has 0 aromatic heterocycles. The highest BCUT2D eigenvalue weighted by Gasteiger charge is 2.74. The minimum absolute atomic E-state index is 0.0489. The van der Waals surface area contributed by atoms with E-state index in [0.717, 1.165) is 28.3 Å². The maximum atomic E-state index is 14.5. The highest BCUT2D eigenvalue weighted by Crippen LogP contribution is 2.67. The number of aliphatic hydroxyl groups is 1. The molecule has 3 fully saturated rings. The van der Waals surface area contributed by atoms with Gasteiger partial charge in [0, 0.05) is 17.5 Å². The molecule has 43 heavy (non-hydrogen) atoms. The van der Waals surface area contributed by atoms with Crippen LogP contribution in [0, 0.1) is 11.8 Å². The zero-order chi connectivity index (χ0) is 29.6. The number of nitrogens with zero attached hydrogens (tertiary/aromatic N) is 1. The minimum atomic E-state index is -0.851. The van der Waals surface area contributed by atoms with Crippen LogP contribution in [0.15, 0.2) is 103 Å². The summed E-state index contributed by atoms with van der Waals surface area (Å²) in [6, 6.07) is 31.2. The smallest absolute Gasteiger partial charge is 0.248 e. The highest BCUT2D eigenvalue weighted by atomic mass is 32.2. The lowest BCUT2D eigenvalue weighted by Gasteiger charge is -2.37. The Kier molecular flexibility index (Phi) is 7.19.